The lowest BCUT2D eigenvalue weighted by molar-refractivity contribution is -0.133. The molecule has 162 valence electrons. The number of piperidine rings is 1. The first-order valence-corrected chi connectivity index (χ1v) is 10.7. The van der Waals surface area contributed by atoms with Gasteiger partial charge in [0.25, 0.3) is 0 Å². The van der Waals surface area contributed by atoms with E-state index in [1.54, 1.807) is 0 Å². The lowest BCUT2D eigenvalue weighted by atomic mass is 9.97. The summed E-state index contributed by atoms with van der Waals surface area (Å²) in [6, 6.07) is 10.1. The van der Waals surface area contributed by atoms with E-state index in [9.17, 15) is 9.59 Å². The van der Waals surface area contributed by atoms with Gasteiger partial charge in [0.1, 0.15) is 0 Å². The number of amides is 2. The van der Waals surface area contributed by atoms with Crippen molar-refractivity contribution in [3.8, 4) is 0 Å². The average molecular weight is 423 g/mol. The van der Waals surface area contributed by atoms with E-state index >= 15 is 0 Å². The van der Waals surface area contributed by atoms with E-state index in [1.807, 2.05) is 30.0 Å². The molecule has 0 radical (unpaired) electrons. The van der Waals surface area contributed by atoms with E-state index in [0.29, 0.717) is 25.6 Å². The Hall–Kier alpha value is -1.63. The molecule has 2 N–H and O–H groups in total. The Kier molecular flexibility index (Phi) is 9.91. The average Bonchev–Trinajstić information content (AvgIpc) is 3.26. The highest BCUT2D eigenvalue weighted by molar-refractivity contribution is 5.85. The van der Waals surface area contributed by atoms with Crippen LogP contribution < -0.4 is 10.6 Å². The quantitative estimate of drug-likeness (QED) is 0.672. The maximum Gasteiger partial charge on any atom is 0.237 e. The highest BCUT2D eigenvalue weighted by Crippen LogP contribution is 2.16. The molecule has 2 saturated heterocycles. The van der Waals surface area contributed by atoms with Gasteiger partial charge in [0.05, 0.1) is 12.6 Å². The zero-order valence-corrected chi connectivity index (χ0v) is 18.3. The lowest BCUT2D eigenvalue weighted by Gasteiger charge is -2.34. The van der Waals surface area contributed by atoms with Crippen LogP contribution in [0.15, 0.2) is 30.3 Å². The number of hydrogen-bond donors (Lipinski definition) is 2. The van der Waals surface area contributed by atoms with E-state index in [-0.39, 0.29) is 30.3 Å². The van der Waals surface area contributed by atoms with Crippen LogP contribution in [-0.2, 0) is 16.1 Å². The van der Waals surface area contributed by atoms with Gasteiger partial charge in [0.15, 0.2) is 0 Å². The third kappa shape index (κ3) is 7.28. The van der Waals surface area contributed by atoms with E-state index in [0.717, 1.165) is 57.4 Å². The summed E-state index contributed by atoms with van der Waals surface area (Å²) in [5.41, 5.74) is 1.16. The standard InChI is InChI=1S/C22H34N4O2.ClH/c1-2-26(16-18-8-4-3-5-9-18)21(27)17-25-13-7-10-19(15-25)14-24-22(28)20-11-6-12-23-20;/h3-5,8-9,19-20,23H,2,6-7,10-17H2,1H3,(H,24,28);1H. The molecule has 0 spiro atoms. The first kappa shape index (κ1) is 23.6. The molecule has 2 amide bonds. The number of carbonyl (C=O) groups is 2. The Morgan fingerprint density at radius 3 is 2.69 bits per heavy atom. The molecule has 2 heterocycles. The zero-order valence-electron chi connectivity index (χ0n) is 17.4. The number of likely N-dealkylation sites (tertiary alicyclic amines) is 1. The number of nitrogens with one attached hydrogen (secondary N) is 2. The molecule has 0 saturated carbocycles. The molecule has 2 unspecified atom stereocenters. The summed E-state index contributed by atoms with van der Waals surface area (Å²) in [4.78, 5) is 29.2. The highest BCUT2D eigenvalue weighted by atomic mass is 35.5. The fourth-order valence-corrected chi connectivity index (χ4v) is 4.21. The number of rotatable bonds is 8. The van der Waals surface area contributed by atoms with Crippen LogP contribution in [0.3, 0.4) is 0 Å². The Morgan fingerprint density at radius 2 is 2.00 bits per heavy atom. The van der Waals surface area contributed by atoms with E-state index < -0.39 is 0 Å². The van der Waals surface area contributed by atoms with Crippen LogP contribution in [0.2, 0.25) is 0 Å². The fourth-order valence-electron chi connectivity index (χ4n) is 4.21. The summed E-state index contributed by atoms with van der Waals surface area (Å²) in [7, 11) is 0. The van der Waals surface area contributed by atoms with Crippen LogP contribution in [0.4, 0.5) is 0 Å². The van der Waals surface area contributed by atoms with Crippen molar-refractivity contribution in [3.05, 3.63) is 35.9 Å². The van der Waals surface area contributed by atoms with E-state index in [2.05, 4.69) is 27.7 Å². The molecule has 29 heavy (non-hydrogen) atoms. The van der Waals surface area contributed by atoms with Gasteiger partial charge in [-0.05, 0) is 57.2 Å². The SMILES string of the molecule is CCN(Cc1ccccc1)C(=O)CN1CCCC(CNC(=O)C2CCCN2)C1.Cl. The topological polar surface area (TPSA) is 64.7 Å². The molecule has 2 fully saturated rings. The van der Waals surface area contributed by atoms with Crippen molar-refractivity contribution in [3.63, 3.8) is 0 Å². The van der Waals surface area contributed by atoms with Crippen molar-refractivity contribution >= 4 is 24.2 Å². The van der Waals surface area contributed by atoms with Gasteiger partial charge >= 0.3 is 0 Å². The molecule has 1 aromatic carbocycles. The van der Waals surface area contributed by atoms with Crippen LogP contribution in [0.1, 0.15) is 38.2 Å². The molecule has 7 heteroatoms. The first-order valence-electron chi connectivity index (χ1n) is 10.7. The predicted molar refractivity (Wildman–Crippen MR) is 118 cm³/mol. The molecule has 3 rings (SSSR count). The van der Waals surface area contributed by atoms with Crippen LogP contribution >= 0.6 is 12.4 Å². The second-order valence-electron chi connectivity index (χ2n) is 8.03. The van der Waals surface area contributed by atoms with Crippen molar-refractivity contribution in [1.29, 1.82) is 0 Å². The maximum atomic E-state index is 12.8. The van der Waals surface area contributed by atoms with Gasteiger partial charge in [-0.3, -0.25) is 14.5 Å². The minimum Gasteiger partial charge on any atom is -0.354 e. The largest absolute Gasteiger partial charge is 0.354 e. The van der Waals surface area contributed by atoms with Gasteiger partial charge in [0.2, 0.25) is 11.8 Å². The number of halogens is 1. The van der Waals surface area contributed by atoms with Gasteiger partial charge in [0, 0.05) is 26.2 Å². The monoisotopic (exact) mass is 422 g/mol. The van der Waals surface area contributed by atoms with Crippen LogP contribution in [-0.4, -0.2) is 66.9 Å². The minimum absolute atomic E-state index is 0. The summed E-state index contributed by atoms with van der Waals surface area (Å²) in [5, 5.41) is 6.36. The normalized spacial score (nSPS) is 22.0. The third-order valence-corrected chi connectivity index (χ3v) is 5.85. The molecule has 0 bridgehead atoms. The van der Waals surface area contributed by atoms with Gasteiger partial charge in [-0.2, -0.15) is 0 Å². The van der Waals surface area contributed by atoms with E-state index in [4.69, 9.17) is 0 Å². The molecule has 2 aliphatic rings. The van der Waals surface area contributed by atoms with Crippen molar-refractivity contribution < 1.29 is 9.59 Å². The summed E-state index contributed by atoms with van der Waals surface area (Å²) in [5.74, 6) is 0.744. The summed E-state index contributed by atoms with van der Waals surface area (Å²) < 4.78 is 0. The molecule has 0 aromatic heterocycles. The van der Waals surface area contributed by atoms with Crippen LogP contribution in [0.25, 0.3) is 0 Å². The number of hydrogen-bond acceptors (Lipinski definition) is 4. The minimum atomic E-state index is -0.0163. The summed E-state index contributed by atoms with van der Waals surface area (Å²) in [6.45, 7) is 7.38. The van der Waals surface area contributed by atoms with Crippen LogP contribution in [0, 0.1) is 5.92 Å². The van der Waals surface area contributed by atoms with Crippen molar-refractivity contribution in [2.45, 2.75) is 45.2 Å². The lowest BCUT2D eigenvalue weighted by Crippen LogP contribution is -2.47. The molecule has 6 nitrogen and oxygen atoms in total. The van der Waals surface area contributed by atoms with Crippen LogP contribution in [0.5, 0.6) is 0 Å². The Morgan fingerprint density at radius 1 is 1.21 bits per heavy atom. The molecule has 0 aliphatic carbocycles. The highest BCUT2D eigenvalue weighted by Gasteiger charge is 2.26. The Bertz CT molecular complexity index is 637. The summed E-state index contributed by atoms with van der Waals surface area (Å²) >= 11 is 0. The van der Waals surface area contributed by atoms with Gasteiger partial charge in [-0.1, -0.05) is 30.3 Å². The maximum absolute atomic E-state index is 12.8. The molecule has 2 aliphatic heterocycles. The fraction of sp³-hybridized carbons (Fsp3) is 0.636. The molecule has 2 atom stereocenters. The van der Waals surface area contributed by atoms with Gasteiger partial charge in [-0.25, -0.2) is 0 Å². The second kappa shape index (κ2) is 12.2. The Balaban J connectivity index is 0.00000300. The second-order valence-corrected chi connectivity index (χ2v) is 8.03. The number of nitrogens with zero attached hydrogens (tertiary/aromatic N) is 2. The smallest absolute Gasteiger partial charge is 0.237 e. The van der Waals surface area contributed by atoms with Crippen molar-refractivity contribution in [2.24, 2.45) is 5.92 Å². The molecular formula is C22H35ClN4O2. The number of benzene rings is 1. The van der Waals surface area contributed by atoms with Crippen molar-refractivity contribution in [2.75, 3.05) is 39.3 Å². The number of likely N-dealkylation sites (N-methyl/N-ethyl adjacent to an activating group) is 1. The zero-order chi connectivity index (χ0) is 19.8. The van der Waals surface area contributed by atoms with Gasteiger partial charge < -0.3 is 15.5 Å². The molecule has 1 aromatic rings. The van der Waals surface area contributed by atoms with Crippen molar-refractivity contribution in [1.82, 2.24) is 20.4 Å². The van der Waals surface area contributed by atoms with E-state index in [1.165, 1.54) is 0 Å². The molecular weight excluding hydrogens is 388 g/mol. The predicted octanol–water partition coefficient (Wildman–Crippen LogP) is 2.04. The number of carbonyl (C=O) groups excluding carboxylic acids is 2. The Labute approximate surface area is 180 Å². The van der Waals surface area contributed by atoms with Gasteiger partial charge in [-0.15, -0.1) is 12.4 Å². The summed E-state index contributed by atoms with van der Waals surface area (Å²) in [6.07, 6.45) is 4.21. The third-order valence-electron chi connectivity index (χ3n) is 5.85. The first-order chi connectivity index (χ1) is 13.7.